The molecule has 1 aromatic rings. The van der Waals surface area contributed by atoms with E-state index < -0.39 is 0 Å². The minimum absolute atomic E-state index is 0.208. The number of halogens is 1. The third kappa shape index (κ3) is 4.28. The summed E-state index contributed by atoms with van der Waals surface area (Å²) in [5, 5.41) is 8.73. The second-order valence-electron chi connectivity index (χ2n) is 6.01. The van der Waals surface area contributed by atoms with E-state index in [-0.39, 0.29) is 12.4 Å². The van der Waals surface area contributed by atoms with Gasteiger partial charge in [0.05, 0.1) is 0 Å². The number of benzene rings is 1. The molecule has 4 heteroatoms. The predicted molar refractivity (Wildman–Crippen MR) is 82.3 cm³/mol. The van der Waals surface area contributed by atoms with Crippen molar-refractivity contribution in [3.05, 3.63) is 35.1 Å². The number of hydrogen-bond donors (Lipinski definition) is 1. The summed E-state index contributed by atoms with van der Waals surface area (Å²) < 4.78 is 13.7. The van der Waals surface area contributed by atoms with Crippen LogP contribution in [0, 0.1) is 23.6 Å². The Balaban J connectivity index is 2.08. The van der Waals surface area contributed by atoms with E-state index >= 15 is 0 Å². The molecule has 2 atom stereocenters. The maximum absolute atomic E-state index is 13.7. The predicted octanol–water partition coefficient (Wildman–Crippen LogP) is 1.55. The van der Waals surface area contributed by atoms with Crippen molar-refractivity contribution in [2.45, 2.75) is 19.5 Å². The van der Waals surface area contributed by atoms with E-state index in [1.807, 2.05) is 6.07 Å². The molecule has 2 unspecified atom stereocenters. The zero-order chi connectivity index (χ0) is 15.4. The molecule has 1 saturated heterocycles. The monoisotopic (exact) mass is 290 g/mol. The minimum Gasteiger partial charge on any atom is -0.384 e. The van der Waals surface area contributed by atoms with Gasteiger partial charge in [-0.3, -0.25) is 4.90 Å². The normalized spacial score (nSPS) is 22.4. The number of aliphatic hydroxyl groups is 1. The van der Waals surface area contributed by atoms with Gasteiger partial charge in [-0.1, -0.05) is 18.8 Å². The zero-order valence-electron chi connectivity index (χ0n) is 12.9. The van der Waals surface area contributed by atoms with E-state index in [2.05, 4.69) is 42.7 Å². The molecular formula is C17H23FN2O. The van der Waals surface area contributed by atoms with Gasteiger partial charge in [0.15, 0.2) is 0 Å². The minimum atomic E-state index is -0.272. The van der Waals surface area contributed by atoms with E-state index in [1.165, 1.54) is 6.07 Å². The number of rotatable bonds is 3. The number of aliphatic hydroxyl groups excluding tert-OH is 1. The number of likely N-dealkylation sites (tertiary alicyclic amines) is 1. The topological polar surface area (TPSA) is 26.7 Å². The first kappa shape index (κ1) is 16.0. The third-order valence-electron chi connectivity index (χ3n) is 3.99. The molecule has 2 rings (SSSR count). The van der Waals surface area contributed by atoms with Crippen LogP contribution < -0.4 is 0 Å². The van der Waals surface area contributed by atoms with Crippen LogP contribution >= 0.6 is 0 Å². The van der Waals surface area contributed by atoms with Crippen LogP contribution in [0.2, 0.25) is 0 Å². The fourth-order valence-electron chi connectivity index (χ4n) is 3.06. The lowest BCUT2D eigenvalue weighted by Crippen LogP contribution is -2.34. The summed E-state index contributed by atoms with van der Waals surface area (Å²) in [4.78, 5) is 4.61. The molecular weight excluding hydrogens is 267 g/mol. The fourth-order valence-corrected chi connectivity index (χ4v) is 3.06. The largest absolute Gasteiger partial charge is 0.384 e. The molecule has 0 radical (unpaired) electrons. The van der Waals surface area contributed by atoms with Gasteiger partial charge >= 0.3 is 0 Å². The zero-order valence-corrected chi connectivity index (χ0v) is 12.9. The van der Waals surface area contributed by atoms with Crippen LogP contribution in [-0.2, 0) is 6.54 Å². The molecule has 1 aliphatic rings. The lowest BCUT2D eigenvalue weighted by Gasteiger charge is -2.22. The summed E-state index contributed by atoms with van der Waals surface area (Å²) in [5.41, 5.74) is 1.55. The van der Waals surface area contributed by atoms with Gasteiger partial charge in [0.2, 0.25) is 0 Å². The van der Waals surface area contributed by atoms with Crippen LogP contribution in [0.5, 0.6) is 0 Å². The molecule has 114 valence electrons. The molecule has 0 saturated carbocycles. The van der Waals surface area contributed by atoms with Gasteiger partial charge in [0.25, 0.3) is 0 Å². The summed E-state index contributed by atoms with van der Waals surface area (Å²) in [6.07, 6.45) is 0. The molecule has 21 heavy (non-hydrogen) atoms. The van der Waals surface area contributed by atoms with Crippen LogP contribution in [0.1, 0.15) is 18.1 Å². The van der Waals surface area contributed by atoms with E-state index in [4.69, 9.17) is 5.11 Å². The highest BCUT2D eigenvalue weighted by atomic mass is 19.1. The van der Waals surface area contributed by atoms with Gasteiger partial charge in [0.1, 0.15) is 12.4 Å². The van der Waals surface area contributed by atoms with Crippen LogP contribution in [0.3, 0.4) is 0 Å². The van der Waals surface area contributed by atoms with Gasteiger partial charge in [0, 0.05) is 31.2 Å². The lowest BCUT2D eigenvalue weighted by molar-refractivity contribution is 0.250. The van der Waals surface area contributed by atoms with Crippen LogP contribution in [0.4, 0.5) is 4.39 Å². The highest BCUT2D eigenvalue weighted by Gasteiger charge is 2.30. The fraction of sp³-hybridized carbons (Fsp3) is 0.529. The molecule has 1 aliphatic heterocycles. The smallest absolute Gasteiger partial charge is 0.124 e. The van der Waals surface area contributed by atoms with Crippen molar-refractivity contribution < 1.29 is 9.50 Å². The SMILES string of the molecule is CC1CN(Cc2cc(F)cc(C#CCO)c2)CC1N(C)C. The summed E-state index contributed by atoms with van der Waals surface area (Å²) in [7, 11) is 4.21. The Morgan fingerprint density at radius 2 is 2.10 bits per heavy atom. The Morgan fingerprint density at radius 1 is 1.33 bits per heavy atom. The van der Waals surface area contributed by atoms with E-state index in [0.717, 1.165) is 25.2 Å². The number of likely N-dealkylation sites (N-methyl/N-ethyl adjacent to an activating group) is 1. The molecule has 1 heterocycles. The Labute approximate surface area is 126 Å². The standard InChI is InChI=1S/C17H23FN2O/c1-13-10-20(12-17(13)19(2)3)11-15-7-14(5-4-6-21)8-16(18)9-15/h7-9,13,17,21H,6,10-12H2,1-3H3. The second-order valence-corrected chi connectivity index (χ2v) is 6.01. The average Bonchev–Trinajstić information content (AvgIpc) is 2.76. The van der Waals surface area contributed by atoms with Gasteiger partial charge < -0.3 is 10.0 Å². The molecule has 0 spiro atoms. The summed E-state index contributed by atoms with van der Waals surface area (Å²) in [5.74, 6) is 5.67. The Morgan fingerprint density at radius 3 is 2.71 bits per heavy atom. The van der Waals surface area contributed by atoms with Gasteiger partial charge in [-0.25, -0.2) is 4.39 Å². The van der Waals surface area contributed by atoms with Crippen molar-refractivity contribution >= 4 is 0 Å². The van der Waals surface area contributed by atoms with Gasteiger partial charge in [-0.15, -0.1) is 0 Å². The highest BCUT2D eigenvalue weighted by molar-refractivity contribution is 5.37. The Bertz CT molecular complexity index is 547. The molecule has 0 aliphatic carbocycles. The molecule has 0 aromatic heterocycles. The first-order valence-corrected chi connectivity index (χ1v) is 7.27. The number of hydrogen-bond acceptors (Lipinski definition) is 3. The van der Waals surface area contributed by atoms with Crippen molar-refractivity contribution in [2.24, 2.45) is 5.92 Å². The molecule has 0 amide bonds. The molecule has 3 nitrogen and oxygen atoms in total. The van der Waals surface area contributed by atoms with Crippen molar-refractivity contribution in [3.63, 3.8) is 0 Å². The molecule has 1 fully saturated rings. The summed E-state index contributed by atoms with van der Waals surface area (Å²) >= 11 is 0. The summed E-state index contributed by atoms with van der Waals surface area (Å²) in [6.45, 7) is 4.81. The van der Waals surface area contributed by atoms with Crippen molar-refractivity contribution in [1.82, 2.24) is 9.80 Å². The van der Waals surface area contributed by atoms with Gasteiger partial charge in [-0.2, -0.15) is 0 Å². The first-order chi connectivity index (χ1) is 9.99. The average molecular weight is 290 g/mol. The van der Waals surface area contributed by atoms with Crippen molar-refractivity contribution in [1.29, 1.82) is 0 Å². The maximum Gasteiger partial charge on any atom is 0.124 e. The first-order valence-electron chi connectivity index (χ1n) is 7.27. The molecule has 0 bridgehead atoms. The molecule has 1 aromatic carbocycles. The quantitative estimate of drug-likeness (QED) is 0.856. The van der Waals surface area contributed by atoms with E-state index in [1.54, 1.807) is 6.07 Å². The van der Waals surface area contributed by atoms with Crippen LogP contribution in [0.15, 0.2) is 18.2 Å². The van der Waals surface area contributed by atoms with Crippen LogP contribution in [0.25, 0.3) is 0 Å². The third-order valence-corrected chi connectivity index (χ3v) is 3.99. The van der Waals surface area contributed by atoms with Crippen molar-refractivity contribution in [2.75, 3.05) is 33.8 Å². The maximum atomic E-state index is 13.7. The Kier molecular flexibility index (Phi) is 5.35. The van der Waals surface area contributed by atoms with E-state index in [0.29, 0.717) is 17.5 Å². The highest BCUT2D eigenvalue weighted by Crippen LogP contribution is 2.22. The lowest BCUT2D eigenvalue weighted by atomic mass is 10.1. The van der Waals surface area contributed by atoms with Gasteiger partial charge in [-0.05, 0) is 43.8 Å². The summed E-state index contributed by atoms with van der Waals surface area (Å²) in [6, 6.07) is 5.42. The Hall–Kier alpha value is -1.41. The van der Waals surface area contributed by atoms with E-state index in [9.17, 15) is 4.39 Å². The van der Waals surface area contributed by atoms with Crippen molar-refractivity contribution in [3.8, 4) is 11.8 Å². The molecule has 1 N–H and O–H groups in total. The number of nitrogens with zero attached hydrogens (tertiary/aromatic N) is 2. The second kappa shape index (κ2) is 7.04. The van der Waals surface area contributed by atoms with Crippen LogP contribution in [-0.4, -0.2) is 54.7 Å².